The zero-order valence-corrected chi connectivity index (χ0v) is 13.0. The molecule has 1 aliphatic heterocycles. The van der Waals surface area contributed by atoms with E-state index in [4.69, 9.17) is 4.74 Å². The molecule has 3 rings (SSSR count). The Morgan fingerprint density at radius 1 is 1.18 bits per heavy atom. The van der Waals surface area contributed by atoms with Gasteiger partial charge in [0.2, 0.25) is 0 Å². The van der Waals surface area contributed by atoms with Crippen LogP contribution in [-0.2, 0) is 16.4 Å². The highest BCUT2D eigenvalue weighted by Crippen LogP contribution is 2.34. The summed E-state index contributed by atoms with van der Waals surface area (Å²) in [5, 5.41) is 10.0. The van der Waals surface area contributed by atoms with E-state index < -0.39 is 16.1 Å². The van der Waals surface area contributed by atoms with Crippen molar-refractivity contribution in [3.63, 3.8) is 0 Å². The molecule has 0 saturated carbocycles. The monoisotopic (exact) mass is 319 g/mol. The van der Waals surface area contributed by atoms with Gasteiger partial charge in [-0.05, 0) is 23.8 Å². The first-order valence-electron chi connectivity index (χ1n) is 6.95. The van der Waals surface area contributed by atoms with Gasteiger partial charge in [0, 0.05) is 12.5 Å². The molecule has 1 aliphatic rings. The summed E-state index contributed by atoms with van der Waals surface area (Å²) in [4.78, 5) is 0.206. The molecule has 0 saturated heterocycles. The average molecular weight is 319 g/mol. The molecule has 2 aromatic rings. The topological polar surface area (TPSA) is 66.8 Å². The number of sulfonamides is 1. The summed E-state index contributed by atoms with van der Waals surface area (Å²) in [6.45, 7) is 0.0391. The van der Waals surface area contributed by atoms with Crippen LogP contribution in [0.25, 0.3) is 0 Å². The van der Waals surface area contributed by atoms with E-state index >= 15 is 0 Å². The van der Waals surface area contributed by atoms with E-state index in [1.165, 1.54) is 11.4 Å². The number of fused-ring (bicyclic) bond motifs is 1. The van der Waals surface area contributed by atoms with Crippen LogP contribution in [0.3, 0.4) is 0 Å². The number of β-amino-alcohol motifs (C(OH)–C–C–N with tert-alkyl or cyclic N) is 1. The quantitative estimate of drug-likeness (QED) is 0.937. The number of benzene rings is 2. The van der Waals surface area contributed by atoms with Gasteiger partial charge < -0.3 is 9.84 Å². The van der Waals surface area contributed by atoms with Gasteiger partial charge in [-0.2, -0.15) is 0 Å². The van der Waals surface area contributed by atoms with E-state index in [9.17, 15) is 13.5 Å². The van der Waals surface area contributed by atoms with Crippen molar-refractivity contribution in [1.29, 1.82) is 0 Å². The number of methoxy groups -OCH3 is 1. The maximum atomic E-state index is 12.9. The smallest absolute Gasteiger partial charge is 0.264 e. The fraction of sp³-hybridized carbons (Fsp3) is 0.250. The minimum atomic E-state index is -3.72. The number of hydrogen-bond donors (Lipinski definition) is 1. The number of aliphatic hydroxyl groups is 1. The third-order valence-electron chi connectivity index (χ3n) is 3.72. The van der Waals surface area contributed by atoms with Crippen LogP contribution < -0.4 is 9.04 Å². The predicted molar refractivity (Wildman–Crippen MR) is 83.7 cm³/mol. The lowest BCUT2D eigenvalue weighted by molar-refractivity contribution is 0.180. The Balaban J connectivity index is 2.12. The van der Waals surface area contributed by atoms with Crippen molar-refractivity contribution in [1.82, 2.24) is 0 Å². The summed E-state index contributed by atoms with van der Waals surface area (Å²) in [6.07, 6.45) is -0.292. The van der Waals surface area contributed by atoms with E-state index in [0.29, 0.717) is 17.9 Å². The zero-order valence-electron chi connectivity index (χ0n) is 12.1. The Labute approximate surface area is 129 Å². The van der Waals surface area contributed by atoms with E-state index in [1.54, 1.807) is 48.5 Å². The lowest BCUT2D eigenvalue weighted by Crippen LogP contribution is -2.42. The highest BCUT2D eigenvalue weighted by molar-refractivity contribution is 7.92. The highest BCUT2D eigenvalue weighted by atomic mass is 32.2. The molecule has 0 bridgehead atoms. The van der Waals surface area contributed by atoms with Crippen molar-refractivity contribution in [3.05, 3.63) is 54.1 Å². The molecule has 0 radical (unpaired) electrons. The molecule has 6 heteroatoms. The second-order valence-corrected chi connectivity index (χ2v) is 7.06. The summed E-state index contributed by atoms with van der Waals surface area (Å²) in [6, 6.07) is 13.5. The third kappa shape index (κ3) is 2.55. The van der Waals surface area contributed by atoms with Gasteiger partial charge in [0.05, 0.1) is 30.3 Å². The van der Waals surface area contributed by atoms with Gasteiger partial charge >= 0.3 is 0 Å². The van der Waals surface area contributed by atoms with Gasteiger partial charge in [0.25, 0.3) is 10.0 Å². The summed E-state index contributed by atoms with van der Waals surface area (Å²) in [5.74, 6) is 0.586. The predicted octanol–water partition coefficient (Wildman–Crippen LogP) is 1.81. The molecule has 0 aromatic heterocycles. The number of aliphatic hydroxyl groups excluding tert-OH is 1. The minimum Gasteiger partial charge on any atom is -0.497 e. The molecule has 2 aromatic carbocycles. The van der Waals surface area contributed by atoms with Crippen molar-refractivity contribution in [2.45, 2.75) is 17.4 Å². The van der Waals surface area contributed by atoms with Crippen LogP contribution in [0, 0.1) is 0 Å². The first-order valence-corrected chi connectivity index (χ1v) is 8.39. The summed E-state index contributed by atoms with van der Waals surface area (Å²) >= 11 is 0. The summed E-state index contributed by atoms with van der Waals surface area (Å²) in [5.41, 5.74) is 1.35. The third-order valence-corrected chi connectivity index (χ3v) is 5.52. The fourth-order valence-corrected chi connectivity index (χ4v) is 4.18. The summed E-state index contributed by atoms with van der Waals surface area (Å²) in [7, 11) is -2.18. The number of anilines is 1. The van der Waals surface area contributed by atoms with Gasteiger partial charge in [0.1, 0.15) is 5.75 Å². The maximum absolute atomic E-state index is 12.9. The Bertz CT molecular complexity index is 774. The number of ether oxygens (including phenoxy) is 1. The van der Waals surface area contributed by atoms with Crippen molar-refractivity contribution in [2.24, 2.45) is 0 Å². The standard InChI is InChI=1S/C16H17NO4S/c1-21-14-8-7-12-9-13(18)11-17(16(12)10-14)22(19,20)15-5-3-2-4-6-15/h2-8,10,13,18H,9,11H2,1H3. The van der Waals surface area contributed by atoms with Crippen LogP contribution in [0.2, 0.25) is 0 Å². The number of hydrogen-bond acceptors (Lipinski definition) is 4. The minimum absolute atomic E-state index is 0.0391. The van der Waals surface area contributed by atoms with E-state index in [1.807, 2.05) is 0 Å². The van der Waals surface area contributed by atoms with Gasteiger partial charge in [-0.1, -0.05) is 24.3 Å². The van der Waals surface area contributed by atoms with Crippen LogP contribution in [0.4, 0.5) is 5.69 Å². The fourth-order valence-electron chi connectivity index (χ4n) is 2.63. The molecular formula is C16H17NO4S. The molecular weight excluding hydrogens is 302 g/mol. The Kier molecular flexibility index (Phi) is 3.80. The highest BCUT2D eigenvalue weighted by Gasteiger charge is 2.32. The van der Waals surface area contributed by atoms with Gasteiger partial charge in [-0.25, -0.2) is 8.42 Å². The number of nitrogens with zero attached hydrogens (tertiary/aromatic N) is 1. The van der Waals surface area contributed by atoms with Crippen LogP contribution >= 0.6 is 0 Å². The molecule has 5 nitrogen and oxygen atoms in total. The Morgan fingerprint density at radius 2 is 1.91 bits per heavy atom. The second kappa shape index (κ2) is 5.62. The number of rotatable bonds is 3. The van der Waals surface area contributed by atoms with Gasteiger partial charge in [0.15, 0.2) is 0 Å². The first-order chi connectivity index (χ1) is 10.5. The lowest BCUT2D eigenvalue weighted by atomic mass is 10.0. The normalized spacial score (nSPS) is 17.9. The average Bonchev–Trinajstić information content (AvgIpc) is 2.54. The van der Waals surface area contributed by atoms with Crippen LogP contribution in [0.1, 0.15) is 5.56 Å². The summed E-state index contributed by atoms with van der Waals surface area (Å²) < 4.78 is 32.2. The van der Waals surface area contributed by atoms with Crippen molar-refractivity contribution >= 4 is 15.7 Å². The molecule has 1 unspecified atom stereocenters. The Hall–Kier alpha value is -2.05. The van der Waals surface area contributed by atoms with Crippen molar-refractivity contribution in [2.75, 3.05) is 18.0 Å². The molecule has 0 amide bonds. The maximum Gasteiger partial charge on any atom is 0.264 e. The Morgan fingerprint density at radius 3 is 2.59 bits per heavy atom. The molecule has 22 heavy (non-hydrogen) atoms. The molecule has 1 N–H and O–H groups in total. The molecule has 1 atom stereocenters. The van der Waals surface area contributed by atoms with Crippen LogP contribution in [0.15, 0.2) is 53.4 Å². The van der Waals surface area contributed by atoms with E-state index in [2.05, 4.69) is 0 Å². The van der Waals surface area contributed by atoms with Crippen LogP contribution in [-0.4, -0.2) is 33.3 Å². The SMILES string of the molecule is COc1ccc2c(c1)N(S(=O)(=O)c1ccccc1)CC(O)C2. The molecule has 0 spiro atoms. The van der Waals surface area contributed by atoms with Crippen molar-refractivity contribution in [3.8, 4) is 5.75 Å². The van der Waals surface area contributed by atoms with Crippen molar-refractivity contribution < 1.29 is 18.3 Å². The molecule has 116 valence electrons. The largest absolute Gasteiger partial charge is 0.497 e. The van der Waals surface area contributed by atoms with Gasteiger partial charge in [-0.15, -0.1) is 0 Å². The van der Waals surface area contributed by atoms with E-state index in [0.717, 1.165) is 5.56 Å². The lowest BCUT2D eigenvalue weighted by Gasteiger charge is -2.33. The second-order valence-electron chi connectivity index (χ2n) is 5.20. The molecule has 0 aliphatic carbocycles. The zero-order chi connectivity index (χ0) is 15.7. The van der Waals surface area contributed by atoms with Crippen LogP contribution in [0.5, 0.6) is 5.75 Å². The first kappa shape index (κ1) is 14.9. The van der Waals surface area contributed by atoms with Gasteiger partial charge in [-0.3, -0.25) is 4.31 Å². The van der Waals surface area contributed by atoms with E-state index in [-0.39, 0.29) is 11.4 Å². The molecule has 0 fully saturated rings. The molecule has 1 heterocycles.